The number of hydrogen-bond acceptors (Lipinski definition) is 3. The first-order valence-corrected chi connectivity index (χ1v) is 6.88. The molecular weight excluding hydrogens is 262 g/mol. The zero-order valence-corrected chi connectivity index (χ0v) is 11.2. The first-order chi connectivity index (χ1) is 8.75. The third kappa shape index (κ3) is 2.52. The molecule has 1 aliphatic rings. The smallest absolute Gasteiger partial charge is 0.331 e. The zero-order valence-electron chi connectivity index (χ0n) is 10.3. The summed E-state index contributed by atoms with van der Waals surface area (Å²) in [6, 6.07) is 7.94. The molecule has 1 aromatic carbocycles. The van der Waals surface area contributed by atoms with Crippen LogP contribution in [-0.4, -0.2) is 21.5 Å². The number of allylic oxidation sites excluding steroid dienone is 1. The molecule has 0 aliphatic heterocycles. The summed E-state index contributed by atoms with van der Waals surface area (Å²) in [7, 11) is 0. The van der Waals surface area contributed by atoms with Crippen LogP contribution in [0, 0.1) is 0 Å². The molecule has 5 heteroatoms. The van der Waals surface area contributed by atoms with Crippen molar-refractivity contribution in [2.45, 2.75) is 25.7 Å². The molecule has 0 saturated carbocycles. The van der Waals surface area contributed by atoms with Crippen molar-refractivity contribution in [1.82, 2.24) is 4.98 Å². The van der Waals surface area contributed by atoms with Crippen LogP contribution in [0.1, 0.15) is 30.7 Å². The highest BCUT2D eigenvalue weighted by Crippen LogP contribution is 2.36. The van der Waals surface area contributed by atoms with Crippen molar-refractivity contribution in [1.29, 1.82) is 0 Å². The molecule has 2 aromatic rings. The van der Waals surface area contributed by atoms with Gasteiger partial charge < -0.3 is 10.6 Å². The van der Waals surface area contributed by atoms with E-state index >= 15 is 0 Å². The van der Waals surface area contributed by atoms with Crippen LogP contribution in [0.15, 0.2) is 29.8 Å². The van der Waals surface area contributed by atoms with Crippen LogP contribution in [0.4, 0.5) is 0 Å². The fourth-order valence-electron chi connectivity index (χ4n) is 2.38. The maximum atomic E-state index is 11.3. The summed E-state index contributed by atoms with van der Waals surface area (Å²) in [5, 5.41) is 10.1. The van der Waals surface area contributed by atoms with E-state index in [-0.39, 0.29) is 5.48 Å². The Kier molecular flexibility index (Phi) is 3.97. The predicted octanol–water partition coefficient (Wildman–Crippen LogP) is 2.88. The molecule has 0 atom stereocenters. The van der Waals surface area contributed by atoms with Gasteiger partial charge in [0.25, 0.3) is 0 Å². The summed E-state index contributed by atoms with van der Waals surface area (Å²) in [4.78, 5) is 15.8. The van der Waals surface area contributed by atoms with Gasteiger partial charge >= 0.3 is 5.97 Å². The highest BCUT2D eigenvalue weighted by atomic mass is 32.1. The Morgan fingerprint density at radius 3 is 2.68 bits per heavy atom. The molecule has 1 aliphatic carbocycles. The van der Waals surface area contributed by atoms with Crippen molar-refractivity contribution in [2.75, 3.05) is 0 Å². The molecule has 0 fully saturated rings. The summed E-state index contributed by atoms with van der Waals surface area (Å²) in [6.45, 7) is 0. The Balaban J connectivity index is 0.00000133. The number of carboxylic acid groups (broad SMARTS) is 1. The first-order valence-electron chi connectivity index (χ1n) is 6.07. The number of benzene rings is 1. The molecule has 3 N–H and O–H groups in total. The lowest BCUT2D eigenvalue weighted by molar-refractivity contribution is -0.132. The third-order valence-corrected chi connectivity index (χ3v) is 4.37. The van der Waals surface area contributed by atoms with Gasteiger partial charge in [0, 0.05) is 5.57 Å². The molecule has 1 heterocycles. The van der Waals surface area contributed by atoms with Gasteiger partial charge in [-0.15, -0.1) is 11.3 Å². The van der Waals surface area contributed by atoms with Crippen LogP contribution in [0.25, 0.3) is 15.8 Å². The third-order valence-electron chi connectivity index (χ3n) is 3.28. The Morgan fingerprint density at radius 2 is 1.95 bits per heavy atom. The number of carbonyl (C=O) groups is 1. The lowest BCUT2D eigenvalue weighted by atomic mass is 9.92. The summed E-state index contributed by atoms with van der Waals surface area (Å²) < 4.78 is 1.12. The van der Waals surface area contributed by atoms with Crippen LogP contribution >= 0.6 is 11.3 Å². The summed E-state index contributed by atoms with van der Waals surface area (Å²) in [5.41, 5.74) is 2.45. The van der Waals surface area contributed by atoms with Crippen molar-refractivity contribution in [3.63, 3.8) is 0 Å². The van der Waals surface area contributed by atoms with Gasteiger partial charge in [-0.25, -0.2) is 9.78 Å². The topological polar surface area (TPSA) is 81.7 Å². The molecular formula is C14H15NO3S. The fourth-order valence-corrected chi connectivity index (χ4v) is 3.44. The first kappa shape index (κ1) is 13.7. The molecule has 100 valence electrons. The predicted molar refractivity (Wildman–Crippen MR) is 76.3 cm³/mol. The number of thiazole rings is 1. The van der Waals surface area contributed by atoms with Crippen LogP contribution in [0.2, 0.25) is 0 Å². The molecule has 0 saturated heterocycles. The van der Waals surface area contributed by atoms with Gasteiger partial charge in [-0.1, -0.05) is 12.1 Å². The second-order valence-corrected chi connectivity index (χ2v) is 5.49. The number of hydrogen-bond donors (Lipinski definition) is 1. The number of aliphatic carboxylic acids is 1. The molecule has 0 unspecified atom stereocenters. The second-order valence-electron chi connectivity index (χ2n) is 4.46. The van der Waals surface area contributed by atoms with Crippen molar-refractivity contribution in [3.8, 4) is 0 Å². The zero-order chi connectivity index (χ0) is 12.5. The molecule has 0 amide bonds. The number of para-hydroxylation sites is 1. The van der Waals surface area contributed by atoms with Gasteiger partial charge in [-0.05, 0) is 43.4 Å². The summed E-state index contributed by atoms with van der Waals surface area (Å²) >= 11 is 1.59. The van der Waals surface area contributed by atoms with Gasteiger partial charge in [-0.3, -0.25) is 0 Å². The summed E-state index contributed by atoms with van der Waals surface area (Å²) in [6.07, 6.45) is 3.53. The van der Waals surface area contributed by atoms with E-state index in [0.717, 1.165) is 40.1 Å². The lowest BCUT2D eigenvalue weighted by Gasteiger charge is -2.15. The lowest BCUT2D eigenvalue weighted by Crippen LogP contribution is -2.08. The number of nitrogens with zero attached hydrogens (tertiary/aromatic N) is 1. The highest BCUT2D eigenvalue weighted by Gasteiger charge is 2.21. The second kappa shape index (κ2) is 5.50. The monoisotopic (exact) mass is 277 g/mol. The molecule has 4 nitrogen and oxygen atoms in total. The Hall–Kier alpha value is -1.72. The van der Waals surface area contributed by atoms with E-state index in [1.54, 1.807) is 11.3 Å². The quantitative estimate of drug-likeness (QED) is 0.916. The van der Waals surface area contributed by atoms with Crippen molar-refractivity contribution >= 4 is 33.1 Å². The van der Waals surface area contributed by atoms with Gasteiger partial charge in [0.1, 0.15) is 5.01 Å². The molecule has 19 heavy (non-hydrogen) atoms. The molecule has 0 bridgehead atoms. The molecule has 3 rings (SSSR count). The number of aromatic nitrogens is 1. The van der Waals surface area contributed by atoms with Crippen LogP contribution in [0.5, 0.6) is 0 Å². The van der Waals surface area contributed by atoms with E-state index in [2.05, 4.69) is 4.98 Å². The Bertz CT molecular complexity index is 612. The van der Waals surface area contributed by atoms with E-state index in [1.807, 2.05) is 24.3 Å². The van der Waals surface area contributed by atoms with Gasteiger partial charge in [-0.2, -0.15) is 0 Å². The number of fused-ring (bicyclic) bond motifs is 1. The van der Waals surface area contributed by atoms with Gasteiger partial charge in [0.05, 0.1) is 10.2 Å². The largest absolute Gasteiger partial charge is 0.478 e. The summed E-state index contributed by atoms with van der Waals surface area (Å²) in [5.74, 6) is -0.788. The Morgan fingerprint density at radius 1 is 1.21 bits per heavy atom. The minimum atomic E-state index is -0.788. The van der Waals surface area contributed by atoms with Crippen molar-refractivity contribution in [3.05, 3.63) is 34.8 Å². The van der Waals surface area contributed by atoms with Crippen LogP contribution < -0.4 is 0 Å². The number of carboxylic acids is 1. The molecule has 0 spiro atoms. The average molecular weight is 277 g/mol. The van der Waals surface area contributed by atoms with Crippen LogP contribution in [0.3, 0.4) is 0 Å². The van der Waals surface area contributed by atoms with E-state index in [1.165, 1.54) is 0 Å². The average Bonchev–Trinajstić information content (AvgIpc) is 2.82. The van der Waals surface area contributed by atoms with E-state index in [9.17, 15) is 9.90 Å². The van der Waals surface area contributed by atoms with E-state index in [4.69, 9.17) is 0 Å². The maximum Gasteiger partial charge on any atom is 0.331 e. The standard InChI is InChI=1S/C14H13NO2S.H2O/c16-14(17)10-6-2-1-5-9(10)13-15-11-7-3-4-8-12(11)18-13;/h3-4,7-8H,1-2,5-6H2,(H,16,17);1H2. The molecule has 0 radical (unpaired) electrons. The van der Waals surface area contributed by atoms with E-state index < -0.39 is 5.97 Å². The normalized spacial score (nSPS) is 15.4. The van der Waals surface area contributed by atoms with Crippen molar-refractivity contribution < 1.29 is 15.4 Å². The highest BCUT2D eigenvalue weighted by molar-refractivity contribution is 7.19. The Labute approximate surface area is 114 Å². The van der Waals surface area contributed by atoms with Gasteiger partial charge in [0.15, 0.2) is 0 Å². The number of rotatable bonds is 2. The van der Waals surface area contributed by atoms with E-state index in [0.29, 0.717) is 12.0 Å². The maximum absolute atomic E-state index is 11.3. The van der Waals surface area contributed by atoms with Crippen LogP contribution in [-0.2, 0) is 4.79 Å². The molecule has 1 aromatic heterocycles. The minimum Gasteiger partial charge on any atom is -0.478 e. The fraction of sp³-hybridized carbons (Fsp3) is 0.286. The SMILES string of the molecule is O.O=C(O)C1=C(c2nc3ccccc3s2)CCCC1. The van der Waals surface area contributed by atoms with Crippen molar-refractivity contribution in [2.24, 2.45) is 0 Å². The van der Waals surface area contributed by atoms with Gasteiger partial charge in [0.2, 0.25) is 0 Å². The minimum absolute atomic E-state index is 0.